The van der Waals surface area contributed by atoms with E-state index in [-0.39, 0.29) is 12.7 Å². The molecule has 1 saturated heterocycles. The molecule has 1 aromatic carbocycles. The largest absolute Gasteiger partial charge is 0.454 e. The number of nitrogens with zero attached hydrogens (tertiary/aromatic N) is 1. The second-order valence-electron chi connectivity index (χ2n) is 3.64. The molecule has 4 nitrogen and oxygen atoms in total. The molecular weight excluding hydrogens is 258 g/mol. The molecule has 0 aliphatic carbocycles. The Morgan fingerprint density at radius 2 is 2.18 bits per heavy atom. The Kier molecular flexibility index (Phi) is 2.68. The van der Waals surface area contributed by atoms with E-state index >= 15 is 0 Å². The first-order valence-electron chi connectivity index (χ1n) is 5.14. The lowest BCUT2D eigenvalue weighted by atomic mass is 10.2. The van der Waals surface area contributed by atoms with Gasteiger partial charge < -0.3 is 9.47 Å². The molecule has 88 valence electrons. The fraction of sp³-hybridized carbons (Fsp3) is 0.273. The van der Waals surface area contributed by atoms with Gasteiger partial charge in [-0.15, -0.1) is 0 Å². The van der Waals surface area contributed by atoms with Gasteiger partial charge in [0.05, 0.1) is 0 Å². The molecule has 0 radical (unpaired) electrons. The van der Waals surface area contributed by atoms with E-state index in [2.05, 4.69) is 0 Å². The molecule has 2 aliphatic heterocycles. The van der Waals surface area contributed by atoms with Crippen molar-refractivity contribution in [1.29, 1.82) is 0 Å². The average molecular weight is 267 g/mol. The summed E-state index contributed by atoms with van der Waals surface area (Å²) in [7, 11) is 0. The highest BCUT2D eigenvalue weighted by Gasteiger charge is 2.26. The first-order chi connectivity index (χ1) is 8.25. The van der Waals surface area contributed by atoms with Gasteiger partial charge >= 0.3 is 0 Å². The van der Waals surface area contributed by atoms with E-state index in [0.29, 0.717) is 27.9 Å². The zero-order chi connectivity index (χ0) is 11.8. The zero-order valence-corrected chi connectivity index (χ0v) is 10.5. The molecule has 0 bridgehead atoms. The quantitative estimate of drug-likeness (QED) is 0.727. The van der Waals surface area contributed by atoms with Crippen LogP contribution in [0.25, 0.3) is 0 Å². The van der Waals surface area contributed by atoms with Crippen LogP contribution in [0.3, 0.4) is 0 Å². The molecular formula is C11H9NO3S2. The highest BCUT2D eigenvalue weighted by molar-refractivity contribution is 8.23. The fourth-order valence-corrected chi connectivity index (χ4v) is 2.97. The lowest BCUT2D eigenvalue weighted by Gasteiger charge is -2.14. The van der Waals surface area contributed by atoms with E-state index in [4.69, 9.17) is 21.7 Å². The molecule has 2 heterocycles. The van der Waals surface area contributed by atoms with E-state index in [1.807, 2.05) is 0 Å². The van der Waals surface area contributed by atoms with Gasteiger partial charge in [-0.25, -0.2) is 0 Å². The Labute approximate surface area is 108 Å². The predicted octanol–water partition coefficient (Wildman–Crippen LogP) is 1.89. The number of carbonyl (C=O) groups excluding carboxylic acids is 1. The van der Waals surface area contributed by atoms with Crippen LogP contribution in [0.15, 0.2) is 18.2 Å². The highest BCUT2D eigenvalue weighted by atomic mass is 32.2. The van der Waals surface area contributed by atoms with Crippen LogP contribution < -0.4 is 9.47 Å². The number of ether oxygens (including phenoxy) is 2. The minimum Gasteiger partial charge on any atom is -0.454 e. The molecule has 1 aromatic rings. The number of rotatable bonds is 1. The van der Waals surface area contributed by atoms with Crippen molar-refractivity contribution in [3.8, 4) is 11.5 Å². The molecule has 3 rings (SSSR count). The Morgan fingerprint density at radius 1 is 1.35 bits per heavy atom. The third kappa shape index (κ3) is 1.87. The van der Waals surface area contributed by atoms with Crippen molar-refractivity contribution >= 4 is 34.2 Å². The predicted molar refractivity (Wildman–Crippen MR) is 68.7 cm³/mol. The Morgan fingerprint density at radius 3 is 2.94 bits per heavy atom. The molecule has 0 saturated carbocycles. The first-order valence-corrected chi connectivity index (χ1v) is 6.53. The highest BCUT2D eigenvalue weighted by Crippen LogP contribution is 2.33. The van der Waals surface area contributed by atoms with E-state index in [1.165, 1.54) is 11.8 Å². The first kappa shape index (κ1) is 10.9. The summed E-state index contributed by atoms with van der Waals surface area (Å²) in [5.41, 5.74) is 0.583. The van der Waals surface area contributed by atoms with Crippen LogP contribution in [-0.4, -0.2) is 34.2 Å². The standard InChI is InChI=1S/C11H9NO3S2/c13-10(12-3-4-17-11(12)16)7-1-2-8-9(5-7)15-6-14-8/h1-2,5H,3-4,6H2. The maximum Gasteiger partial charge on any atom is 0.259 e. The maximum absolute atomic E-state index is 12.2. The van der Waals surface area contributed by atoms with Crippen LogP contribution in [0.2, 0.25) is 0 Å². The Hall–Kier alpha value is -1.27. The van der Waals surface area contributed by atoms with Gasteiger partial charge in [0.2, 0.25) is 6.79 Å². The third-order valence-electron chi connectivity index (χ3n) is 2.63. The zero-order valence-electron chi connectivity index (χ0n) is 8.84. The van der Waals surface area contributed by atoms with Crippen molar-refractivity contribution in [2.75, 3.05) is 19.1 Å². The summed E-state index contributed by atoms with van der Waals surface area (Å²) in [4.78, 5) is 13.8. The van der Waals surface area contributed by atoms with Gasteiger partial charge in [-0.2, -0.15) is 0 Å². The van der Waals surface area contributed by atoms with Crippen LogP contribution >= 0.6 is 24.0 Å². The number of thiocarbonyl (C=S) groups is 1. The topological polar surface area (TPSA) is 38.8 Å². The van der Waals surface area contributed by atoms with Gasteiger partial charge in [0.15, 0.2) is 11.5 Å². The minimum atomic E-state index is -0.0710. The summed E-state index contributed by atoms with van der Waals surface area (Å²) >= 11 is 6.66. The normalized spacial score (nSPS) is 17.6. The van der Waals surface area contributed by atoms with Gasteiger partial charge in [-0.1, -0.05) is 24.0 Å². The molecule has 0 atom stereocenters. The maximum atomic E-state index is 12.2. The third-order valence-corrected chi connectivity index (χ3v) is 4.05. The second kappa shape index (κ2) is 4.19. The van der Waals surface area contributed by atoms with E-state index in [0.717, 1.165) is 5.75 Å². The molecule has 0 aromatic heterocycles. The molecule has 1 amide bonds. The summed E-state index contributed by atoms with van der Waals surface area (Å²) in [6.45, 7) is 0.891. The van der Waals surface area contributed by atoms with Crippen LogP contribution in [0.4, 0.5) is 0 Å². The van der Waals surface area contributed by atoms with Gasteiger partial charge in [0, 0.05) is 17.9 Å². The van der Waals surface area contributed by atoms with Crippen molar-refractivity contribution in [2.45, 2.75) is 0 Å². The number of fused-ring (bicyclic) bond motifs is 1. The summed E-state index contributed by atoms with van der Waals surface area (Å²) in [5.74, 6) is 2.10. The molecule has 17 heavy (non-hydrogen) atoms. The van der Waals surface area contributed by atoms with Crippen molar-refractivity contribution < 1.29 is 14.3 Å². The van der Waals surface area contributed by atoms with Crippen molar-refractivity contribution in [2.24, 2.45) is 0 Å². The Balaban J connectivity index is 1.89. The monoisotopic (exact) mass is 267 g/mol. The van der Waals surface area contributed by atoms with Gasteiger partial charge in [0.25, 0.3) is 5.91 Å². The molecule has 1 fully saturated rings. The van der Waals surface area contributed by atoms with Crippen LogP contribution in [0, 0.1) is 0 Å². The molecule has 6 heteroatoms. The van der Waals surface area contributed by atoms with Crippen LogP contribution in [-0.2, 0) is 0 Å². The van der Waals surface area contributed by atoms with E-state index < -0.39 is 0 Å². The van der Waals surface area contributed by atoms with Gasteiger partial charge in [-0.05, 0) is 18.2 Å². The number of amides is 1. The smallest absolute Gasteiger partial charge is 0.259 e. The minimum absolute atomic E-state index is 0.0710. The average Bonchev–Trinajstić information content (AvgIpc) is 2.95. The van der Waals surface area contributed by atoms with E-state index in [1.54, 1.807) is 23.1 Å². The fourth-order valence-electron chi connectivity index (χ4n) is 1.76. The molecule has 0 spiro atoms. The van der Waals surface area contributed by atoms with Crippen molar-refractivity contribution in [3.05, 3.63) is 23.8 Å². The molecule has 2 aliphatic rings. The summed E-state index contributed by atoms with van der Waals surface area (Å²) < 4.78 is 11.1. The van der Waals surface area contributed by atoms with Crippen molar-refractivity contribution in [3.63, 3.8) is 0 Å². The lowest BCUT2D eigenvalue weighted by Crippen LogP contribution is -2.30. The SMILES string of the molecule is O=C(c1ccc2c(c1)OCO2)N1CCSC1=S. The summed E-state index contributed by atoms with van der Waals surface area (Å²) in [5, 5.41) is 0. The number of hydrogen-bond donors (Lipinski definition) is 0. The van der Waals surface area contributed by atoms with Crippen LogP contribution in [0.1, 0.15) is 10.4 Å². The van der Waals surface area contributed by atoms with Gasteiger partial charge in [-0.3, -0.25) is 9.69 Å². The molecule has 0 N–H and O–H groups in total. The van der Waals surface area contributed by atoms with E-state index in [9.17, 15) is 4.79 Å². The number of benzene rings is 1. The summed E-state index contributed by atoms with van der Waals surface area (Å²) in [6, 6.07) is 5.19. The second-order valence-corrected chi connectivity index (χ2v) is 5.37. The number of carbonyl (C=O) groups is 1. The lowest BCUT2D eigenvalue weighted by molar-refractivity contribution is 0.0861. The Bertz CT molecular complexity index is 503. The number of hydrogen-bond acceptors (Lipinski definition) is 5. The molecule has 0 unspecified atom stereocenters. The number of thioether (sulfide) groups is 1. The van der Waals surface area contributed by atoms with Crippen molar-refractivity contribution in [1.82, 2.24) is 4.90 Å². The van der Waals surface area contributed by atoms with Gasteiger partial charge in [0.1, 0.15) is 4.32 Å². The van der Waals surface area contributed by atoms with Crippen LogP contribution in [0.5, 0.6) is 11.5 Å². The summed E-state index contributed by atoms with van der Waals surface area (Å²) in [6.07, 6.45) is 0.